The minimum absolute atomic E-state index is 0.00403. The molecule has 1 atom stereocenters. The molecule has 1 aromatic heterocycles. The summed E-state index contributed by atoms with van der Waals surface area (Å²) in [5.41, 5.74) is 4.32. The highest BCUT2D eigenvalue weighted by atomic mass is 32.1. The average molecular weight is 464 g/mol. The number of hydrogen-bond donors (Lipinski definition) is 2. The minimum atomic E-state index is -0.709. The molecule has 0 radical (unpaired) electrons. The Kier molecular flexibility index (Phi) is 6.28. The van der Waals surface area contributed by atoms with Crippen LogP contribution in [0.4, 0.5) is 5.69 Å². The normalized spacial score (nSPS) is 15.9. The molecule has 2 aliphatic rings. The molecular weight excluding hydrogens is 438 g/mol. The van der Waals surface area contributed by atoms with E-state index in [4.69, 9.17) is 9.47 Å². The number of rotatable bonds is 5. The zero-order valence-corrected chi connectivity index (χ0v) is 18.9. The van der Waals surface area contributed by atoms with Crippen LogP contribution in [-0.2, 0) is 22.6 Å². The van der Waals surface area contributed by atoms with Crippen LogP contribution in [0.2, 0.25) is 0 Å². The lowest BCUT2D eigenvalue weighted by Gasteiger charge is -2.35. The van der Waals surface area contributed by atoms with Crippen molar-refractivity contribution in [3.8, 4) is 11.5 Å². The zero-order chi connectivity index (χ0) is 22.6. The first-order chi connectivity index (χ1) is 16.2. The molecule has 0 spiro atoms. The largest absolute Gasteiger partial charge is 0.486 e. The third-order valence-corrected chi connectivity index (χ3v) is 6.69. The number of amides is 2. The maximum absolute atomic E-state index is 12.6. The summed E-state index contributed by atoms with van der Waals surface area (Å²) < 4.78 is 11.0. The number of thiophene rings is 1. The van der Waals surface area contributed by atoms with Crippen molar-refractivity contribution in [3.05, 3.63) is 76.0 Å². The second-order valence-electron chi connectivity index (χ2n) is 8.08. The zero-order valence-electron chi connectivity index (χ0n) is 18.1. The van der Waals surface area contributed by atoms with Gasteiger partial charge in [0.15, 0.2) is 11.5 Å². The second kappa shape index (κ2) is 9.64. The fourth-order valence-electron chi connectivity index (χ4n) is 4.28. The van der Waals surface area contributed by atoms with Crippen LogP contribution in [0.3, 0.4) is 0 Å². The molecule has 2 amide bonds. The number of benzene rings is 2. The number of fused-ring (bicyclic) bond motifs is 2. The van der Waals surface area contributed by atoms with Crippen molar-refractivity contribution < 1.29 is 19.1 Å². The van der Waals surface area contributed by atoms with Crippen LogP contribution in [0.5, 0.6) is 11.5 Å². The van der Waals surface area contributed by atoms with Gasteiger partial charge in [-0.05, 0) is 52.1 Å². The molecule has 5 rings (SSSR count). The Hall–Kier alpha value is -3.36. The number of anilines is 1. The van der Waals surface area contributed by atoms with E-state index in [0.29, 0.717) is 36.9 Å². The van der Waals surface area contributed by atoms with E-state index >= 15 is 0 Å². The average Bonchev–Trinajstić information content (AvgIpc) is 3.38. The molecule has 3 heterocycles. The fraction of sp³-hybridized carbons (Fsp3) is 0.280. The lowest BCUT2D eigenvalue weighted by Crippen LogP contribution is -2.43. The van der Waals surface area contributed by atoms with Crippen LogP contribution >= 0.6 is 11.3 Å². The third kappa shape index (κ3) is 4.86. The van der Waals surface area contributed by atoms with Crippen molar-refractivity contribution in [2.45, 2.75) is 19.0 Å². The van der Waals surface area contributed by atoms with Gasteiger partial charge in [0.05, 0.1) is 6.04 Å². The summed E-state index contributed by atoms with van der Waals surface area (Å²) in [6.45, 7) is 3.02. The minimum Gasteiger partial charge on any atom is -0.486 e. The van der Waals surface area contributed by atoms with Gasteiger partial charge in [-0.1, -0.05) is 24.3 Å². The topological polar surface area (TPSA) is 79.9 Å². The summed E-state index contributed by atoms with van der Waals surface area (Å²) in [6.07, 6.45) is 0.968. The molecule has 3 aromatic rings. The summed E-state index contributed by atoms with van der Waals surface area (Å²) >= 11 is 1.63. The molecule has 7 nitrogen and oxygen atoms in total. The number of carbonyl (C=O) groups excluding carboxylic acids is 2. The predicted molar refractivity (Wildman–Crippen MR) is 127 cm³/mol. The van der Waals surface area contributed by atoms with E-state index in [1.54, 1.807) is 29.5 Å². The summed E-state index contributed by atoms with van der Waals surface area (Å²) in [5.74, 6) is -0.185. The SMILES string of the molecule is O=C(NCC(c1ccsc1)N1CCc2ccccc2C1)C(=O)Nc1ccc2c(c1)OCCO2. The molecule has 0 saturated heterocycles. The standard InChI is InChI=1S/C25H25N3O4S/c29-24(25(30)27-20-5-6-22-23(13-20)32-11-10-31-22)26-14-21(19-8-12-33-16-19)28-9-7-17-3-1-2-4-18(17)15-28/h1-6,8,12-13,16,21H,7,9-11,14-15H2,(H,26,29)(H,27,30). The molecular formula is C25H25N3O4S. The van der Waals surface area contributed by atoms with E-state index in [2.05, 4.69) is 51.2 Å². The number of ether oxygens (including phenoxy) is 2. The first-order valence-electron chi connectivity index (χ1n) is 11.0. The summed E-state index contributed by atoms with van der Waals surface area (Å²) in [7, 11) is 0. The highest BCUT2D eigenvalue weighted by Crippen LogP contribution is 2.32. The van der Waals surface area contributed by atoms with Crippen molar-refractivity contribution >= 4 is 28.8 Å². The third-order valence-electron chi connectivity index (χ3n) is 5.99. The van der Waals surface area contributed by atoms with Gasteiger partial charge in [-0.3, -0.25) is 14.5 Å². The van der Waals surface area contributed by atoms with E-state index < -0.39 is 11.8 Å². The lowest BCUT2D eigenvalue weighted by atomic mass is 9.97. The van der Waals surface area contributed by atoms with Crippen molar-refractivity contribution in [2.75, 3.05) is 31.6 Å². The quantitative estimate of drug-likeness (QED) is 0.567. The Morgan fingerprint density at radius 2 is 1.82 bits per heavy atom. The Balaban J connectivity index is 1.23. The summed E-state index contributed by atoms with van der Waals surface area (Å²) in [5, 5.41) is 9.62. The van der Waals surface area contributed by atoms with Crippen LogP contribution < -0.4 is 20.1 Å². The van der Waals surface area contributed by atoms with Crippen molar-refractivity contribution in [1.82, 2.24) is 10.2 Å². The molecule has 1 unspecified atom stereocenters. The highest BCUT2D eigenvalue weighted by Gasteiger charge is 2.26. The predicted octanol–water partition coefficient (Wildman–Crippen LogP) is 3.37. The van der Waals surface area contributed by atoms with Gasteiger partial charge in [0.1, 0.15) is 13.2 Å². The summed E-state index contributed by atoms with van der Waals surface area (Å²) in [6, 6.07) is 15.6. The smallest absolute Gasteiger partial charge is 0.313 e. The van der Waals surface area contributed by atoms with Crippen LogP contribution in [0.25, 0.3) is 0 Å². The van der Waals surface area contributed by atoms with E-state index in [0.717, 1.165) is 25.1 Å². The first kappa shape index (κ1) is 21.5. The van der Waals surface area contributed by atoms with Crippen molar-refractivity contribution in [3.63, 3.8) is 0 Å². The van der Waals surface area contributed by atoms with Gasteiger partial charge in [-0.25, -0.2) is 0 Å². The molecule has 0 saturated carbocycles. The fourth-order valence-corrected chi connectivity index (χ4v) is 4.99. The van der Waals surface area contributed by atoms with Crippen LogP contribution in [0.15, 0.2) is 59.3 Å². The van der Waals surface area contributed by atoms with Gasteiger partial charge in [0.2, 0.25) is 0 Å². The number of nitrogens with one attached hydrogen (secondary N) is 2. The molecule has 2 aromatic carbocycles. The molecule has 2 N–H and O–H groups in total. The Morgan fingerprint density at radius 3 is 2.64 bits per heavy atom. The molecule has 0 fully saturated rings. The Labute approximate surface area is 196 Å². The highest BCUT2D eigenvalue weighted by molar-refractivity contribution is 7.08. The van der Waals surface area contributed by atoms with Gasteiger partial charge in [0.25, 0.3) is 0 Å². The lowest BCUT2D eigenvalue weighted by molar-refractivity contribution is -0.136. The van der Waals surface area contributed by atoms with Gasteiger partial charge in [0, 0.05) is 31.4 Å². The Bertz CT molecular complexity index is 1150. The molecule has 170 valence electrons. The maximum Gasteiger partial charge on any atom is 0.313 e. The number of nitrogens with zero attached hydrogens (tertiary/aromatic N) is 1. The maximum atomic E-state index is 12.6. The van der Waals surface area contributed by atoms with E-state index in [-0.39, 0.29) is 6.04 Å². The van der Waals surface area contributed by atoms with Crippen molar-refractivity contribution in [2.24, 2.45) is 0 Å². The van der Waals surface area contributed by atoms with Crippen LogP contribution in [0.1, 0.15) is 22.7 Å². The van der Waals surface area contributed by atoms with Gasteiger partial charge >= 0.3 is 11.8 Å². The van der Waals surface area contributed by atoms with Gasteiger partial charge in [-0.15, -0.1) is 0 Å². The monoisotopic (exact) mass is 463 g/mol. The molecule has 2 aliphatic heterocycles. The Morgan fingerprint density at radius 1 is 1.00 bits per heavy atom. The van der Waals surface area contributed by atoms with Gasteiger partial charge < -0.3 is 20.1 Å². The van der Waals surface area contributed by atoms with Crippen LogP contribution in [0, 0.1) is 0 Å². The van der Waals surface area contributed by atoms with Crippen LogP contribution in [-0.4, -0.2) is 43.0 Å². The molecule has 0 aliphatic carbocycles. The first-order valence-corrected chi connectivity index (χ1v) is 11.9. The summed E-state index contributed by atoms with van der Waals surface area (Å²) in [4.78, 5) is 27.5. The van der Waals surface area contributed by atoms with E-state index in [1.807, 2.05) is 5.38 Å². The van der Waals surface area contributed by atoms with E-state index in [9.17, 15) is 9.59 Å². The van der Waals surface area contributed by atoms with Crippen molar-refractivity contribution in [1.29, 1.82) is 0 Å². The molecule has 0 bridgehead atoms. The van der Waals surface area contributed by atoms with E-state index in [1.165, 1.54) is 11.1 Å². The second-order valence-corrected chi connectivity index (χ2v) is 8.86. The van der Waals surface area contributed by atoms with Gasteiger partial charge in [-0.2, -0.15) is 11.3 Å². The number of carbonyl (C=O) groups is 2. The molecule has 33 heavy (non-hydrogen) atoms. The number of hydrogen-bond acceptors (Lipinski definition) is 6. The molecule has 8 heteroatoms.